The Hall–Kier alpha value is -1.63. The fourth-order valence-corrected chi connectivity index (χ4v) is 3.53. The maximum absolute atomic E-state index is 11.3. The van der Waals surface area contributed by atoms with Crippen molar-refractivity contribution in [2.45, 2.75) is 57.2 Å². The molecule has 2 saturated heterocycles. The van der Waals surface area contributed by atoms with Crippen LogP contribution in [0.1, 0.15) is 38.3 Å². The van der Waals surface area contributed by atoms with Crippen LogP contribution in [0, 0.1) is 10.1 Å². The Kier molecular flexibility index (Phi) is 3.37. The molecular formula is C13H21N5O2. The van der Waals surface area contributed by atoms with Gasteiger partial charge in [0.05, 0.1) is 4.92 Å². The van der Waals surface area contributed by atoms with Gasteiger partial charge in [-0.2, -0.15) is 5.10 Å². The summed E-state index contributed by atoms with van der Waals surface area (Å²) >= 11 is 0. The number of rotatable bonds is 4. The smallest absolute Gasteiger partial charge is 0.333 e. The largest absolute Gasteiger partial charge is 0.362 e. The van der Waals surface area contributed by atoms with Crippen LogP contribution in [0.5, 0.6) is 0 Å². The molecule has 20 heavy (non-hydrogen) atoms. The molecule has 0 aliphatic carbocycles. The van der Waals surface area contributed by atoms with Gasteiger partial charge in [0.1, 0.15) is 5.69 Å². The Morgan fingerprint density at radius 3 is 2.65 bits per heavy atom. The molecule has 2 atom stereocenters. The molecule has 2 N–H and O–H groups in total. The summed E-state index contributed by atoms with van der Waals surface area (Å²) in [7, 11) is 1.77. The summed E-state index contributed by atoms with van der Waals surface area (Å²) in [4.78, 5) is 11.0. The summed E-state index contributed by atoms with van der Waals surface area (Å²) in [5.74, 6) is 0.554. The molecule has 2 unspecified atom stereocenters. The van der Waals surface area contributed by atoms with Gasteiger partial charge in [0.2, 0.25) is 5.82 Å². The van der Waals surface area contributed by atoms with Crippen molar-refractivity contribution >= 4 is 11.5 Å². The van der Waals surface area contributed by atoms with E-state index in [0.717, 1.165) is 12.8 Å². The van der Waals surface area contributed by atoms with Gasteiger partial charge in [0.25, 0.3) is 0 Å². The van der Waals surface area contributed by atoms with Crippen LogP contribution >= 0.6 is 0 Å². The summed E-state index contributed by atoms with van der Waals surface area (Å²) in [6.45, 7) is 1.89. The second-order valence-corrected chi connectivity index (χ2v) is 5.83. The highest BCUT2D eigenvalue weighted by Crippen LogP contribution is 2.33. The molecule has 110 valence electrons. The first-order valence-electron chi connectivity index (χ1n) is 7.31. The SMILES string of the molecule is CCc1nn(C)c(NC2CC3CCC(C2)N3)c1[N+](=O)[O-]. The Morgan fingerprint density at radius 2 is 2.10 bits per heavy atom. The number of hydrogen-bond donors (Lipinski definition) is 2. The summed E-state index contributed by atoms with van der Waals surface area (Å²) in [5, 5.41) is 22.5. The summed E-state index contributed by atoms with van der Waals surface area (Å²) < 4.78 is 1.61. The van der Waals surface area contributed by atoms with E-state index < -0.39 is 0 Å². The lowest BCUT2D eigenvalue weighted by molar-refractivity contribution is -0.384. The Morgan fingerprint density at radius 1 is 1.45 bits per heavy atom. The highest BCUT2D eigenvalue weighted by Gasteiger charge is 2.35. The standard InChI is InChI=1S/C13H21N5O2/c1-3-11-12(18(19)20)13(17(2)16-11)15-10-6-8-4-5-9(7-10)14-8/h8-10,14-15H,3-7H2,1-2H3. The van der Waals surface area contributed by atoms with Gasteiger partial charge in [-0.15, -0.1) is 0 Å². The second-order valence-electron chi connectivity index (χ2n) is 5.83. The van der Waals surface area contributed by atoms with Gasteiger partial charge in [-0.3, -0.25) is 10.1 Å². The summed E-state index contributed by atoms with van der Waals surface area (Å²) in [6.07, 6.45) is 5.07. The number of aryl methyl sites for hydroxylation is 2. The molecule has 2 fully saturated rings. The van der Waals surface area contributed by atoms with Gasteiger partial charge in [-0.1, -0.05) is 6.92 Å². The predicted octanol–water partition coefficient (Wildman–Crippen LogP) is 1.59. The molecule has 2 aliphatic rings. The fourth-order valence-electron chi connectivity index (χ4n) is 3.53. The molecule has 0 amide bonds. The number of hydrogen-bond acceptors (Lipinski definition) is 5. The monoisotopic (exact) mass is 279 g/mol. The molecule has 0 spiro atoms. The molecule has 2 aliphatic heterocycles. The first-order valence-corrected chi connectivity index (χ1v) is 7.31. The first-order chi connectivity index (χ1) is 9.58. The lowest BCUT2D eigenvalue weighted by Crippen LogP contribution is -2.43. The number of nitrogens with one attached hydrogen (secondary N) is 2. The van der Waals surface area contributed by atoms with E-state index in [9.17, 15) is 10.1 Å². The fraction of sp³-hybridized carbons (Fsp3) is 0.769. The second kappa shape index (κ2) is 5.05. The van der Waals surface area contributed by atoms with Crippen LogP contribution < -0.4 is 10.6 Å². The average molecular weight is 279 g/mol. The summed E-state index contributed by atoms with van der Waals surface area (Å²) in [5.41, 5.74) is 0.692. The minimum atomic E-state index is -0.316. The van der Waals surface area contributed by atoms with Crippen molar-refractivity contribution < 1.29 is 4.92 Å². The molecule has 3 rings (SSSR count). The van der Waals surface area contributed by atoms with Crippen LogP contribution in [0.25, 0.3) is 0 Å². The van der Waals surface area contributed by atoms with E-state index in [1.165, 1.54) is 12.8 Å². The number of anilines is 1. The van der Waals surface area contributed by atoms with E-state index in [2.05, 4.69) is 15.7 Å². The molecule has 0 aromatic carbocycles. The molecular weight excluding hydrogens is 258 g/mol. The third kappa shape index (κ3) is 2.26. The molecule has 1 aromatic heterocycles. The highest BCUT2D eigenvalue weighted by atomic mass is 16.6. The number of piperidine rings is 1. The Bertz CT molecular complexity index is 515. The van der Waals surface area contributed by atoms with Crippen molar-refractivity contribution in [2.75, 3.05) is 5.32 Å². The van der Waals surface area contributed by atoms with Gasteiger partial charge < -0.3 is 10.6 Å². The predicted molar refractivity (Wildman–Crippen MR) is 75.8 cm³/mol. The van der Waals surface area contributed by atoms with Crippen LogP contribution in [0.4, 0.5) is 11.5 Å². The van der Waals surface area contributed by atoms with Crippen LogP contribution in [0.2, 0.25) is 0 Å². The maximum atomic E-state index is 11.3. The minimum Gasteiger partial charge on any atom is -0.362 e. The Balaban J connectivity index is 1.83. The van der Waals surface area contributed by atoms with Crippen molar-refractivity contribution in [2.24, 2.45) is 7.05 Å². The van der Waals surface area contributed by atoms with E-state index in [1.807, 2.05) is 6.92 Å². The molecule has 2 bridgehead atoms. The molecule has 7 heteroatoms. The van der Waals surface area contributed by atoms with Crippen molar-refractivity contribution in [1.82, 2.24) is 15.1 Å². The number of nitrogens with zero attached hydrogens (tertiary/aromatic N) is 3. The Labute approximate surface area is 117 Å². The van der Waals surface area contributed by atoms with Gasteiger partial charge >= 0.3 is 5.69 Å². The maximum Gasteiger partial charge on any atom is 0.333 e. The van der Waals surface area contributed by atoms with E-state index in [4.69, 9.17) is 0 Å². The topological polar surface area (TPSA) is 85.0 Å². The van der Waals surface area contributed by atoms with Crippen LogP contribution in [-0.2, 0) is 13.5 Å². The quantitative estimate of drug-likeness (QED) is 0.645. The van der Waals surface area contributed by atoms with E-state index in [-0.39, 0.29) is 10.6 Å². The zero-order valence-electron chi connectivity index (χ0n) is 11.9. The highest BCUT2D eigenvalue weighted by molar-refractivity contribution is 5.60. The molecule has 1 aromatic rings. The van der Waals surface area contributed by atoms with Gasteiger partial charge in [-0.25, -0.2) is 4.68 Å². The number of aromatic nitrogens is 2. The number of nitro groups is 1. The van der Waals surface area contributed by atoms with Crippen LogP contribution in [-0.4, -0.2) is 32.8 Å². The van der Waals surface area contributed by atoms with Crippen LogP contribution in [0.15, 0.2) is 0 Å². The van der Waals surface area contributed by atoms with Gasteiger partial charge in [-0.05, 0) is 32.1 Å². The van der Waals surface area contributed by atoms with Crippen molar-refractivity contribution in [1.29, 1.82) is 0 Å². The van der Waals surface area contributed by atoms with Gasteiger partial charge in [0, 0.05) is 25.2 Å². The lowest BCUT2D eigenvalue weighted by Gasteiger charge is -2.30. The van der Waals surface area contributed by atoms with Crippen molar-refractivity contribution in [3.05, 3.63) is 15.8 Å². The minimum absolute atomic E-state index is 0.140. The van der Waals surface area contributed by atoms with Gasteiger partial charge in [0.15, 0.2) is 0 Å². The third-order valence-electron chi connectivity index (χ3n) is 4.42. The molecule has 3 heterocycles. The average Bonchev–Trinajstić information content (AvgIpc) is 2.90. The van der Waals surface area contributed by atoms with Crippen molar-refractivity contribution in [3.63, 3.8) is 0 Å². The van der Waals surface area contributed by atoms with E-state index >= 15 is 0 Å². The first kappa shape index (κ1) is 13.4. The summed E-state index contributed by atoms with van der Waals surface area (Å²) in [6, 6.07) is 1.42. The van der Waals surface area contributed by atoms with E-state index in [0.29, 0.717) is 36.1 Å². The zero-order chi connectivity index (χ0) is 14.3. The van der Waals surface area contributed by atoms with E-state index in [1.54, 1.807) is 11.7 Å². The third-order valence-corrected chi connectivity index (χ3v) is 4.42. The molecule has 7 nitrogen and oxygen atoms in total. The molecule has 0 radical (unpaired) electrons. The zero-order valence-corrected chi connectivity index (χ0v) is 11.9. The lowest BCUT2D eigenvalue weighted by atomic mass is 10.00. The number of fused-ring (bicyclic) bond motifs is 2. The molecule has 0 saturated carbocycles. The van der Waals surface area contributed by atoms with Crippen molar-refractivity contribution in [3.8, 4) is 0 Å². The normalized spacial score (nSPS) is 28.6. The van der Waals surface area contributed by atoms with Crippen LogP contribution in [0.3, 0.4) is 0 Å².